The van der Waals surface area contributed by atoms with Gasteiger partial charge in [0.05, 0.1) is 13.2 Å². The van der Waals surface area contributed by atoms with Crippen molar-refractivity contribution in [2.45, 2.75) is 103 Å². The van der Waals surface area contributed by atoms with Crippen LogP contribution < -0.4 is 0 Å². The molecule has 0 aliphatic carbocycles. The van der Waals surface area contributed by atoms with Gasteiger partial charge >= 0.3 is 0 Å². The van der Waals surface area contributed by atoms with Crippen LogP contribution in [0.1, 0.15) is 72.6 Å². The number of aliphatic hydroxyl groups excluding tert-OH is 4. The third-order valence-corrected chi connectivity index (χ3v) is 5.49. The highest BCUT2D eigenvalue weighted by atomic mass is 16.7. The quantitative estimate of drug-likeness (QED) is 0.279. The molecule has 0 aromatic heterocycles. The van der Waals surface area contributed by atoms with Crippen LogP contribution in [0.4, 0.5) is 0 Å². The van der Waals surface area contributed by atoms with Crippen LogP contribution in [-0.2, 0) is 9.47 Å². The maximum Gasteiger partial charge on any atom is 0.186 e. The average Bonchev–Trinajstić information content (AvgIpc) is 2.64. The summed E-state index contributed by atoms with van der Waals surface area (Å²) in [6.07, 6.45) is 4.25. The normalized spacial score (nSPS) is 30.0. The highest BCUT2D eigenvalue weighted by molar-refractivity contribution is 4.97. The van der Waals surface area contributed by atoms with E-state index in [1.54, 1.807) is 0 Å². The van der Waals surface area contributed by atoms with E-state index < -0.39 is 37.3 Å². The molecule has 6 heteroatoms. The van der Waals surface area contributed by atoms with Gasteiger partial charge in [-0.25, -0.2) is 0 Å². The SMILES string of the molecule is CC(=CCCOC1OC(CO)C(O)C(O)C1O)CCCC(C)CCCC(C)C. The summed E-state index contributed by atoms with van der Waals surface area (Å²) in [6.45, 7) is 8.91. The summed E-state index contributed by atoms with van der Waals surface area (Å²) < 4.78 is 10.8. The second-order valence-corrected chi connectivity index (χ2v) is 8.73. The molecule has 1 heterocycles. The molecule has 6 atom stereocenters. The summed E-state index contributed by atoms with van der Waals surface area (Å²) in [5.41, 5.74) is 1.33. The number of hydrogen-bond donors (Lipinski definition) is 4. The third-order valence-electron chi connectivity index (χ3n) is 5.49. The smallest absolute Gasteiger partial charge is 0.186 e. The molecule has 1 saturated heterocycles. The maximum atomic E-state index is 9.93. The fraction of sp³-hybridized carbons (Fsp3) is 0.909. The van der Waals surface area contributed by atoms with Gasteiger partial charge in [-0.05, 0) is 38.0 Å². The van der Waals surface area contributed by atoms with Crippen LogP contribution in [0.15, 0.2) is 11.6 Å². The summed E-state index contributed by atoms with van der Waals surface area (Å²) in [7, 11) is 0. The van der Waals surface area contributed by atoms with Gasteiger partial charge in [-0.3, -0.25) is 0 Å². The molecule has 0 bridgehead atoms. The van der Waals surface area contributed by atoms with Crippen LogP contribution in [-0.4, -0.2) is 64.3 Å². The number of hydrogen-bond acceptors (Lipinski definition) is 6. The molecule has 6 nitrogen and oxygen atoms in total. The molecule has 0 saturated carbocycles. The second kappa shape index (κ2) is 13.7. The van der Waals surface area contributed by atoms with Crippen LogP contribution in [0, 0.1) is 11.8 Å². The molecule has 28 heavy (non-hydrogen) atoms. The Balaban J connectivity index is 2.20. The predicted molar refractivity (Wildman–Crippen MR) is 110 cm³/mol. The molecule has 6 unspecified atom stereocenters. The van der Waals surface area contributed by atoms with Gasteiger partial charge in [-0.2, -0.15) is 0 Å². The lowest BCUT2D eigenvalue weighted by atomic mass is 9.94. The van der Waals surface area contributed by atoms with Crippen LogP contribution >= 0.6 is 0 Å². The van der Waals surface area contributed by atoms with Gasteiger partial charge in [-0.1, -0.05) is 58.1 Å². The van der Waals surface area contributed by atoms with E-state index in [9.17, 15) is 20.4 Å². The topological polar surface area (TPSA) is 99.4 Å². The lowest BCUT2D eigenvalue weighted by Crippen LogP contribution is -2.59. The zero-order chi connectivity index (χ0) is 21.1. The molecule has 4 N–H and O–H groups in total. The van der Waals surface area contributed by atoms with Crippen molar-refractivity contribution in [3.05, 3.63) is 11.6 Å². The van der Waals surface area contributed by atoms with E-state index in [4.69, 9.17) is 9.47 Å². The van der Waals surface area contributed by atoms with Crippen LogP contribution in [0.2, 0.25) is 0 Å². The Hall–Kier alpha value is -0.500. The Bertz CT molecular complexity index is 437. The monoisotopic (exact) mass is 402 g/mol. The minimum Gasteiger partial charge on any atom is -0.394 e. The van der Waals surface area contributed by atoms with E-state index in [0.717, 1.165) is 18.3 Å². The summed E-state index contributed by atoms with van der Waals surface area (Å²) in [5, 5.41) is 38.6. The molecule has 0 radical (unpaired) electrons. The maximum absolute atomic E-state index is 9.93. The molecule has 1 aliphatic rings. The van der Waals surface area contributed by atoms with E-state index in [1.165, 1.54) is 37.7 Å². The molecule has 1 fully saturated rings. The Kier molecular flexibility index (Phi) is 12.5. The third kappa shape index (κ3) is 9.33. The van der Waals surface area contributed by atoms with Crippen molar-refractivity contribution in [2.75, 3.05) is 13.2 Å². The lowest BCUT2D eigenvalue weighted by Gasteiger charge is -2.39. The molecule has 0 aromatic carbocycles. The summed E-state index contributed by atoms with van der Waals surface area (Å²) >= 11 is 0. The number of aliphatic hydroxyl groups is 4. The van der Waals surface area contributed by atoms with E-state index in [2.05, 4.69) is 33.8 Å². The Morgan fingerprint density at radius 2 is 1.68 bits per heavy atom. The van der Waals surface area contributed by atoms with Crippen molar-refractivity contribution in [3.63, 3.8) is 0 Å². The van der Waals surface area contributed by atoms with Crippen molar-refractivity contribution in [1.29, 1.82) is 0 Å². The molecule has 0 amide bonds. The van der Waals surface area contributed by atoms with Gasteiger partial charge < -0.3 is 29.9 Å². The summed E-state index contributed by atoms with van der Waals surface area (Å²) in [5.74, 6) is 1.57. The molecule has 166 valence electrons. The second-order valence-electron chi connectivity index (χ2n) is 8.73. The lowest BCUT2D eigenvalue weighted by molar-refractivity contribution is -0.300. The fourth-order valence-corrected chi connectivity index (χ4v) is 3.54. The predicted octanol–water partition coefficient (Wildman–Crippen LogP) is 2.77. The first kappa shape index (κ1) is 25.5. The summed E-state index contributed by atoms with van der Waals surface area (Å²) in [6, 6.07) is 0. The van der Waals surface area contributed by atoms with Crippen LogP contribution in [0.5, 0.6) is 0 Å². The first-order valence-electron chi connectivity index (χ1n) is 10.8. The van der Waals surface area contributed by atoms with Crippen LogP contribution in [0.3, 0.4) is 0 Å². The van der Waals surface area contributed by atoms with E-state index >= 15 is 0 Å². The molecule has 1 aliphatic heterocycles. The molecular formula is C22H42O6. The van der Waals surface area contributed by atoms with Crippen molar-refractivity contribution in [3.8, 4) is 0 Å². The molecule has 0 spiro atoms. The zero-order valence-electron chi connectivity index (χ0n) is 18.1. The Labute approximate surface area is 170 Å². The van der Waals surface area contributed by atoms with Gasteiger partial charge in [0.1, 0.15) is 24.4 Å². The largest absolute Gasteiger partial charge is 0.394 e. The Morgan fingerprint density at radius 1 is 1.00 bits per heavy atom. The van der Waals surface area contributed by atoms with Gasteiger partial charge in [0.2, 0.25) is 0 Å². The fourth-order valence-electron chi connectivity index (χ4n) is 3.54. The molecule has 1 rings (SSSR count). The Morgan fingerprint density at radius 3 is 2.32 bits per heavy atom. The van der Waals surface area contributed by atoms with Crippen molar-refractivity contribution in [2.24, 2.45) is 11.8 Å². The first-order valence-corrected chi connectivity index (χ1v) is 10.8. The number of ether oxygens (including phenoxy) is 2. The first-order chi connectivity index (χ1) is 13.3. The van der Waals surface area contributed by atoms with Crippen molar-refractivity contribution in [1.82, 2.24) is 0 Å². The van der Waals surface area contributed by atoms with Gasteiger partial charge in [0.15, 0.2) is 6.29 Å². The minimum absolute atomic E-state index is 0.339. The average molecular weight is 403 g/mol. The van der Waals surface area contributed by atoms with Crippen LogP contribution in [0.25, 0.3) is 0 Å². The zero-order valence-corrected chi connectivity index (χ0v) is 18.1. The van der Waals surface area contributed by atoms with Gasteiger partial charge in [-0.15, -0.1) is 0 Å². The van der Waals surface area contributed by atoms with E-state index in [1.807, 2.05) is 0 Å². The van der Waals surface area contributed by atoms with Gasteiger partial charge in [0.25, 0.3) is 0 Å². The standard InChI is InChI=1S/C22H42O6/c1-15(2)8-5-9-16(3)10-6-11-17(4)12-7-13-27-22-21(26)20(25)19(24)18(14-23)28-22/h12,15-16,18-26H,5-11,13-14H2,1-4H3. The summed E-state index contributed by atoms with van der Waals surface area (Å²) in [4.78, 5) is 0. The van der Waals surface area contributed by atoms with Crippen molar-refractivity contribution < 1.29 is 29.9 Å². The van der Waals surface area contributed by atoms with Crippen molar-refractivity contribution >= 4 is 0 Å². The molecular weight excluding hydrogens is 360 g/mol. The number of allylic oxidation sites excluding steroid dienone is 1. The van der Waals surface area contributed by atoms with E-state index in [0.29, 0.717) is 13.0 Å². The molecule has 0 aromatic rings. The van der Waals surface area contributed by atoms with Gasteiger partial charge in [0, 0.05) is 0 Å². The van der Waals surface area contributed by atoms with E-state index in [-0.39, 0.29) is 0 Å². The number of rotatable bonds is 13. The minimum atomic E-state index is -1.39. The highest BCUT2D eigenvalue weighted by Gasteiger charge is 2.43. The highest BCUT2D eigenvalue weighted by Crippen LogP contribution is 2.22.